The van der Waals surface area contributed by atoms with Crippen LogP contribution in [-0.4, -0.2) is 27.7 Å². The maximum Gasteiger partial charge on any atom is 0.224 e. The molecule has 2 rings (SSSR count). The van der Waals surface area contributed by atoms with Gasteiger partial charge in [-0.25, -0.2) is 4.39 Å². The molecule has 1 fully saturated rings. The van der Waals surface area contributed by atoms with Gasteiger partial charge in [-0.2, -0.15) is 0 Å². The molecule has 3 nitrogen and oxygen atoms in total. The second kappa shape index (κ2) is 5.52. The Labute approximate surface area is 109 Å². The van der Waals surface area contributed by atoms with Gasteiger partial charge >= 0.3 is 0 Å². The maximum atomic E-state index is 12.8. The summed E-state index contributed by atoms with van der Waals surface area (Å²) in [6.07, 6.45) is 0.408. The zero-order valence-electron chi connectivity index (χ0n) is 10.1. The topological polar surface area (TPSA) is 37.4 Å². The van der Waals surface area contributed by atoms with E-state index in [0.717, 1.165) is 5.56 Å². The van der Waals surface area contributed by atoms with Crippen molar-refractivity contribution in [1.82, 2.24) is 4.90 Å². The van der Waals surface area contributed by atoms with Crippen molar-refractivity contribution in [1.29, 1.82) is 0 Å². The zero-order valence-corrected chi connectivity index (χ0v) is 10.9. The Bertz CT molecular complexity index is 461. The molecule has 0 aromatic heterocycles. The average Bonchev–Trinajstić information content (AvgIpc) is 2.61. The summed E-state index contributed by atoms with van der Waals surface area (Å²) < 4.78 is 12.8. The minimum atomic E-state index is -0.281. The highest BCUT2D eigenvalue weighted by Gasteiger charge is 2.30. The van der Waals surface area contributed by atoms with Crippen molar-refractivity contribution < 1.29 is 14.0 Å². The van der Waals surface area contributed by atoms with Crippen LogP contribution in [0.15, 0.2) is 24.3 Å². The van der Waals surface area contributed by atoms with Crippen LogP contribution in [0.3, 0.4) is 0 Å². The molecule has 1 heterocycles. The number of nitrogens with zero attached hydrogens (tertiary/aromatic N) is 1. The van der Waals surface area contributed by atoms with Crippen molar-refractivity contribution in [2.24, 2.45) is 0 Å². The standard InChI is InChI=1S/C13H14FNO2S/c1-9(16)18-12-6-13(17)15(8-12)7-10-2-4-11(14)5-3-10/h2-5,12H,6-8H2,1H3. The number of thioether (sulfide) groups is 1. The number of halogens is 1. The van der Waals surface area contributed by atoms with Crippen molar-refractivity contribution in [3.63, 3.8) is 0 Å². The van der Waals surface area contributed by atoms with E-state index in [2.05, 4.69) is 0 Å². The molecule has 0 spiro atoms. The molecule has 1 saturated heterocycles. The molecule has 0 saturated carbocycles. The number of amides is 1. The molecular weight excluding hydrogens is 253 g/mol. The molecule has 1 unspecified atom stereocenters. The summed E-state index contributed by atoms with van der Waals surface area (Å²) in [5.74, 6) is -0.227. The number of likely N-dealkylation sites (tertiary alicyclic amines) is 1. The maximum absolute atomic E-state index is 12.8. The van der Waals surface area contributed by atoms with Crippen LogP contribution >= 0.6 is 11.8 Å². The lowest BCUT2D eigenvalue weighted by molar-refractivity contribution is -0.128. The number of benzene rings is 1. The number of carbonyl (C=O) groups excluding carboxylic acids is 2. The van der Waals surface area contributed by atoms with Crippen LogP contribution in [0.4, 0.5) is 4.39 Å². The van der Waals surface area contributed by atoms with E-state index in [0.29, 0.717) is 19.5 Å². The SMILES string of the molecule is CC(=O)SC1CC(=O)N(Cc2ccc(F)cc2)C1. The first kappa shape index (κ1) is 13.1. The molecule has 0 N–H and O–H groups in total. The van der Waals surface area contributed by atoms with Crippen molar-refractivity contribution in [2.45, 2.75) is 25.1 Å². The van der Waals surface area contributed by atoms with Gasteiger partial charge in [-0.05, 0) is 17.7 Å². The van der Waals surface area contributed by atoms with Crippen LogP contribution in [0, 0.1) is 5.82 Å². The summed E-state index contributed by atoms with van der Waals surface area (Å²) in [5, 5.41) is 0.0897. The molecule has 1 aromatic rings. The van der Waals surface area contributed by atoms with E-state index < -0.39 is 0 Å². The zero-order chi connectivity index (χ0) is 13.1. The van der Waals surface area contributed by atoms with Crippen LogP contribution in [0.5, 0.6) is 0 Å². The van der Waals surface area contributed by atoms with Gasteiger partial charge in [0.05, 0.1) is 0 Å². The van der Waals surface area contributed by atoms with Gasteiger partial charge in [0, 0.05) is 31.7 Å². The van der Waals surface area contributed by atoms with E-state index in [4.69, 9.17) is 0 Å². The Kier molecular flexibility index (Phi) is 4.01. The lowest BCUT2D eigenvalue weighted by Crippen LogP contribution is -2.24. The summed E-state index contributed by atoms with van der Waals surface area (Å²) in [4.78, 5) is 24.5. The lowest BCUT2D eigenvalue weighted by atomic mass is 10.2. The van der Waals surface area contributed by atoms with Crippen molar-refractivity contribution >= 4 is 22.8 Å². The fraction of sp³-hybridized carbons (Fsp3) is 0.385. The minimum Gasteiger partial charge on any atom is -0.337 e. The molecule has 18 heavy (non-hydrogen) atoms. The number of carbonyl (C=O) groups is 2. The Hall–Kier alpha value is -1.36. The van der Waals surface area contributed by atoms with E-state index in [1.165, 1.54) is 30.8 Å². The van der Waals surface area contributed by atoms with Crippen LogP contribution in [-0.2, 0) is 16.1 Å². The Morgan fingerprint density at radius 2 is 2.11 bits per heavy atom. The van der Waals surface area contributed by atoms with Crippen LogP contribution in [0.25, 0.3) is 0 Å². The van der Waals surface area contributed by atoms with Crippen molar-refractivity contribution in [3.8, 4) is 0 Å². The number of hydrogen-bond acceptors (Lipinski definition) is 3. The quantitative estimate of drug-likeness (QED) is 0.842. The normalized spacial score (nSPS) is 19.3. The molecule has 96 valence electrons. The second-order valence-electron chi connectivity index (χ2n) is 4.34. The third-order valence-electron chi connectivity index (χ3n) is 2.80. The molecule has 0 radical (unpaired) electrons. The van der Waals surface area contributed by atoms with Crippen LogP contribution < -0.4 is 0 Å². The summed E-state index contributed by atoms with van der Waals surface area (Å²) in [7, 11) is 0. The van der Waals surface area contributed by atoms with Crippen LogP contribution in [0.1, 0.15) is 18.9 Å². The third kappa shape index (κ3) is 3.32. The van der Waals surface area contributed by atoms with Crippen LogP contribution in [0.2, 0.25) is 0 Å². The molecule has 1 aromatic carbocycles. The summed E-state index contributed by atoms with van der Waals surface area (Å²) in [6.45, 7) is 2.58. The fourth-order valence-corrected chi connectivity index (χ4v) is 2.96. The van der Waals surface area contributed by atoms with Gasteiger partial charge in [0.2, 0.25) is 5.91 Å². The Morgan fingerprint density at radius 3 is 2.72 bits per heavy atom. The molecule has 5 heteroatoms. The van der Waals surface area contributed by atoms with Crippen molar-refractivity contribution in [2.75, 3.05) is 6.54 Å². The van der Waals surface area contributed by atoms with Gasteiger partial charge in [0.15, 0.2) is 5.12 Å². The average molecular weight is 267 g/mol. The van der Waals surface area contributed by atoms with E-state index in [1.54, 1.807) is 17.0 Å². The lowest BCUT2D eigenvalue weighted by Gasteiger charge is -2.16. The first-order valence-corrected chi connectivity index (χ1v) is 6.62. The Morgan fingerprint density at radius 1 is 1.44 bits per heavy atom. The van der Waals surface area contributed by atoms with Crippen molar-refractivity contribution in [3.05, 3.63) is 35.6 Å². The summed E-state index contributed by atoms with van der Waals surface area (Å²) >= 11 is 1.22. The van der Waals surface area contributed by atoms with E-state index in [1.807, 2.05) is 0 Å². The van der Waals surface area contributed by atoms with Gasteiger partial charge in [-0.3, -0.25) is 9.59 Å². The molecular formula is C13H14FNO2S. The van der Waals surface area contributed by atoms with Gasteiger partial charge in [-0.1, -0.05) is 23.9 Å². The van der Waals surface area contributed by atoms with E-state index in [9.17, 15) is 14.0 Å². The van der Waals surface area contributed by atoms with E-state index in [-0.39, 0.29) is 22.1 Å². The highest BCUT2D eigenvalue weighted by molar-refractivity contribution is 8.14. The number of hydrogen-bond donors (Lipinski definition) is 0. The molecule has 0 aliphatic carbocycles. The smallest absolute Gasteiger partial charge is 0.224 e. The minimum absolute atomic E-state index is 0.0384. The fourth-order valence-electron chi connectivity index (χ4n) is 2.01. The summed E-state index contributed by atoms with van der Waals surface area (Å²) in [6, 6.07) is 6.12. The Balaban J connectivity index is 1.96. The highest BCUT2D eigenvalue weighted by Crippen LogP contribution is 2.25. The summed E-state index contributed by atoms with van der Waals surface area (Å²) in [5.41, 5.74) is 0.901. The third-order valence-corrected chi connectivity index (χ3v) is 3.78. The molecule has 1 aliphatic heterocycles. The second-order valence-corrected chi connectivity index (χ2v) is 5.81. The molecule has 1 aliphatic rings. The monoisotopic (exact) mass is 267 g/mol. The van der Waals surface area contributed by atoms with Gasteiger partial charge in [0.25, 0.3) is 0 Å². The first-order chi connectivity index (χ1) is 8.54. The first-order valence-electron chi connectivity index (χ1n) is 5.74. The highest BCUT2D eigenvalue weighted by atomic mass is 32.2. The number of rotatable bonds is 3. The largest absolute Gasteiger partial charge is 0.337 e. The van der Waals surface area contributed by atoms with Gasteiger partial charge < -0.3 is 4.90 Å². The predicted molar refractivity (Wildman–Crippen MR) is 68.5 cm³/mol. The predicted octanol–water partition coefficient (Wildman–Crippen LogP) is 2.21. The van der Waals surface area contributed by atoms with Gasteiger partial charge in [-0.15, -0.1) is 0 Å². The van der Waals surface area contributed by atoms with E-state index >= 15 is 0 Å². The van der Waals surface area contributed by atoms with Gasteiger partial charge in [0.1, 0.15) is 5.82 Å². The molecule has 1 amide bonds. The molecule has 1 atom stereocenters. The molecule has 0 bridgehead atoms.